The fourth-order valence-corrected chi connectivity index (χ4v) is 6.81. The molecule has 5 rings (SSSR count). The first-order chi connectivity index (χ1) is 21.3. The Morgan fingerprint density at radius 1 is 1.07 bits per heavy atom. The number of nitrogens with zero attached hydrogens (tertiary/aromatic N) is 3. The number of nitrogens with one attached hydrogen (secondary N) is 1. The number of amides is 2. The van der Waals surface area contributed by atoms with Crippen LogP contribution >= 0.6 is 0 Å². The molecular formula is C32H39FN4O7S. The molecule has 0 radical (unpaired) electrons. The summed E-state index contributed by atoms with van der Waals surface area (Å²) < 4.78 is 52.0. The van der Waals surface area contributed by atoms with Gasteiger partial charge >= 0.3 is 6.09 Å². The molecule has 2 aromatic rings. The third-order valence-electron chi connectivity index (χ3n) is 8.14. The van der Waals surface area contributed by atoms with Crippen molar-refractivity contribution in [2.75, 3.05) is 26.2 Å². The van der Waals surface area contributed by atoms with Gasteiger partial charge in [0.25, 0.3) is 5.91 Å². The third kappa shape index (κ3) is 7.64. The molecule has 2 fully saturated rings. The van der Waals surface area contributed by atoms with E-state index in [9.17, 15) is 22.5 Å². The molecule has 3 aliphatic rings. The second-order valence-electron chi connectivity index (χ2n) is 12.6. The van der Waals surface area contributed by atoms with E-state index < -0.39 is 21.2 Å². The predicted molar refractivity (Wildman–Crippen MR) is 167 cm³/mol. The second-order valence-corrected chi connectivity index (χ2v) is 14.4. The topological polar surface area (TPSA) is 127 Å². The van der Waals surface area contributed by atoms with Crippen LogP contribution in [0.4, 0.5) is 9.32 Å². The van der Waals surface area contributed by atoms with E-state index in [1.165, 1.54) is 21.8 Å². The van der Waals surface area contributed by atoms with Gasteiger partial charge in [-0.05, 0) is 82.0 Å². The van der Waals surface area contributed by atoms with Crippen molar-refractivity contribution in [3.8, 4) is 11.5 Å². The van der Waals surface area contributed by atoms with Crippen LogP contribution in [-0.4, -0.2) is 78.9 Å². The summed E-state index contributed by atoms with van der Waals surface area (Å²) in [4.78, 5) is 35.3. The van der Waals surface area contributed by atoms with Gasteiger partial charge in [0.2, 0.25) is 10.0 Å². The lowest BCUT2D eigenvalue weighted by Gasteiger charge is -2.34. The van der Waals surface area contributed by atoms with E-state index in [0.29, 0.717) is 43.1 Å². The lowest BCUT2D eigenvalue weighted by atomic mass is 9.89. The average Bonchev–Trinajstić information content (AvgIpc) is 3.31. The standard InChI is InChI=1S/C32H39FN4O7S/c1-22-20-26(42-25-10-15-36(16-11-25)30(39)43-31(2,3)4)9-8-23(22)12-19-45(40,41)37-17-13-32(14-18-37)29(38)34-28(35-32)24-6-5-7-27(21-24)44-33/h5-9,12,19-21,25H,10-11,13-18H2,1-4H3,(H,34,35,38)/b19-12+. The van der Waals surface area contributed by atoms with E-state index in [1.54, 1.807) is 23.1 Å². The van der Waals surface area contributed by atoms with Crippen LogP contribution in [0.2, 0.25) is 0 Å². The Hall–Kier alpha value is -3.97. The number of amidine groups is 1. The van der Waals surface area contributed by atoms with Crippen LogP contribution in [0, 0.1) is 6.92 Å². The molecule has 3 heterocycles. The number of hydrogen-bond acceptors (Lipinski definition) is 8. The first-order valence-electron chi connectivity index (χ1n) is 15.0. The fraction of sp³-hybridized carbons (Fsp3) is 0.469. The van der Waals surface area contributed by atoms with Crippen LogP contribution in [0.3, 0.4) is 0 Å². The van der Waals surface area contributed by atoms with E-state index in [1.807, 2.05) is 45.9 Å². The molecule has 0 aromatic heterocycles. The zero-order valence-electron chi connectivity index (χ0n) is 25.9. The van der Waals surface area contributed by atoms with Crippen molar-refractivity contribution in [1.29, 1.82) is 0 Å². The minimum atomic E-state index is -3.75. The molecule has 2 aromatic carbocycles. The Labute approximate surface area is 263 Å². The number of halogens is 1. The normalized spacial score (nSPS) is 19.4. The van der Waals surface area contributed by atoms with Crippen LogP contribution < -0.4 is 15.0 Å². The Bertz CT molecular complexity index is 1600. The number of ether oxygens (including phenoxy) is 2. The van der Waals surface area contributed by atoms with E-state index in [4.69, 9.17) is 9.47 Å². The maximum absolute atomic E-state index is 13.2. The van der Waals surface area contributed by atoms with Crippen molar-refractivity contribution in [2.24, 2.45) is 4.99 Å². The van der Waals surface area contributed by atoms with E-state index in [-0.39, 0.29) is 49.8 Å². The van der Waals surface area contributed by atoms with Gasteiger partial charge in [0.05, 0.1) is 0 Å². The minimum absolute atomic E-state index is 0.00656. The van der Waals surface area contributed by atoms with Crippen molar-refractivity contribution in [3.05, 3.63) is 64.6 Å². The maximum atomic E-state index is 13.2. The maximum Gasteiger partial charge on any atom is 0.410 e. The fourth-order valence-electron chi connectivity index (χ4n) is 5.62. The van der Waals surface area contributed by atoms with Crippen LogP contribution in [0.25, 0.3) is 6.08 Å². The summed E-state index contributed by atoms with van der Waals surface area (Å²) in [5.41, 5.74) is 0.489. The number of aliphatic imine (C=N–C) groups is 1. The number of benzene rings is 2. The van der Waals surface area contributed by atoms with Gasteiger partial charge in [0, 0.05) is 54.5 Å². The Balaban J connectivity index is 1.15. The predicted octanol–water partition coefficient (Wildman–Crippen LogP) is 4.75. The Morgan fingerprint density at radius 3 is 2.42 bits per heavy atom. The average molecular weight is 643 g/mol. The van der Waals surface area contributed by atoms with Crippen molar-refractivity contribution >= 4 is 33.9 Å². The van der Waals surface area contributed by atoms with E-state index in [2.05, 4.69) is 15.3 Å². The zero-order chi connectivity index (χ0) is 32.4. The number of carbonyl (C=O) groups excluding carboxylic acids is 2. The van der Waals surface area contributed by atoms with Gasteiger partial charge in [0.15, 0.2) is 5.75 Å². The number of piperidine rings is 2. The lowest BCUT2D eigenvalue weighted by Crippen LogP contribution is -2.50. The smallest absolute Gasteiger partial charge is 0.410 e. The second kappa shape index (κ2) is 12.8. The molecule has 0 atom stereocenters. The number of hydrogen-bond donors (Lipinski definition) is 1. The molecule has 1 N–H and O–H groups in total. The molecule has 0 aliphatic carbocycles. The number of rotatable bonds is 7. The molecule has 242 valence electrons. The summed E-state index contributed by atoms with van der Waals surface area (Å²) >= 11 is 0. The first-order valence-corrected chi connectivity index (χ1v) is 16.5. The highest BCUT2D eigenvalue weighted by molar-refractivity contribution is 7.92. The molecule has 0 unspecified atom stereocenters. The van der Waals surface area contributed by atoms with Crippen molar-refractivity contribution in [3.63, 3.8) is 0 Å². The zero-order valence-corrected chi connectivity index (χ0v) is 26.7. The summed E-state index contributed by atoms with van der Waals surface area (Å²) in [7, 11) is -3.75. The molecule has 3 aliphatic heterocycles. The van der Waals surface area contributed by atoms with Crippen molar-refractivity contribution in [2.45, 2.75) is 70.6 Å². The SMILES string of the molecule is Cc1cc(OC2CCN(C(=O)OC(C)(C)C)CC2)ccc1/C=C/S(=O)(=O)N1CCC2(CC1)N=C(c1cccc(OF)c1)NC2=O. The van der Waals surface area contributed by atoms with Crippen LogP contribution in [-0.2, 0) is 19.6 Å². The van der Waals surface area contributed by atoms with Crippen molar-refractivity contribution < 1.29 is 36.9 Å². The Kier molecular flexibility index (Phi) is 9.22. The van der Waals surface area contributed by atoms with Crippen molar-refractivity contribution in [1.82, 2.24) is 14.5 Å². The minimum Gasteiger partial charge on any atom is -0.490 e. The molecule has 0 bridgehead atoms. The lowest BCUT2D eigenvalue weighted by molar-refractivity contribution is -0.124. The molecule has 13 heteroatoms. The molecule has 11 nitrogen and oxygen atoms in total. The largest absolute Gasteiger partial charge is 0.490 e. The molecule has 1 spiro atoms. The molecular weight excluding hydrogens is 603 g/mol. The highest BCUT2D eigenvalue weighted by Crippen LogP contribution is 2.33. The molecule has 2 saturated heterocycles. The highest BCUT2D eigenvalue weighted by Gasteiger charge is 2.47. The summed E-state index contributed by atoms with van der Waals surface area (Å²) in [6, 6.07) is 11.7. The van der Waals surface area contributed by atoms with Crippen LogP contribution in [0.5, 0.6) is 11.5 Å². The third-order valence-corrected chi connectivity index (χ3v) is 9.71. The summed E-state index contributed by atoms with van der Waals surface area (Å²) in [5, 5.41) is 3.94. The van der Waals surface area contributed by atoms with Crippen LogP contribution in [0.1, 0.15) is 63.1 Å². The Morgan fingerprint density at radius 2 is 1.78 bits per heavy atom. The quantitative estimate of drug-likeness (QED) is 0.462. The van der Waals surface area contributed by atoms with Gasteiger partial charge in [-0.2, -0.15) is 4.31 Å². The number of carbonyl (C=O) groups is 2. The summed E-state index contributed by atoms with van der Waals surface area (Å²) in [6.45, 7) is 8.78. The monoisotopic (exact) mass is 642 g/mol. The number of likely N-dealkylation sites (tertiary alicyclic amines) is 1. The van der Waals surface area contributed by atoms with Gasteiger partial charge in [0.1, 0.15) is 28.8 Å². The molecule has 45 heavy (non-hydrogen) atoms. The summed E-state index contributed by atoms with van der Waals surface area (Å²) in [5.74, 6) is 0.684. The van der Waals surface area contributed by atoms with Gasteiger partial charge in [-0.1, -0.05) is 18.2 Å². The summed E-state index contributed by atoms with van der Waals surface area (Å²) in [6.07, 6.45) is 3.02. The van der Waals surface area contributed by atoms with Gasteiger partial charge in [-0.15, -0.1) is 0 Å². The van der Waals surface area contributed by atoms with Gasteiger partial charge in [-0.3, -0.25) is 14.7 Å². The van der Waals surface area contributed by atoms with E-state index >= 15 is 0 Å². The number of aryl methyl sites for hydroxylation is 1. The first kappa shape index (κ1) is 32.4. The molecule has 2 amide bonds. The van der Waals surface area contributed by atoms with Gasteiger partial charge in [-0.25, -0.2) is 13.2 Å². The number of sulfonamides is 1. The van der Waals surface area contributed by atoms with E-state index in [0.717, 1.165) is 11.1 Å². The van der Waals surface area contributed by atoms with Crippen LogP contribution in [0.15, 0.2) is 52.9 Å². The van der Waals surface area contributed by atoms with Gasteiger partial charge < -0.3 is 19.7 Å². The molecule has 0 saturated carbocycles. The highest BCUT2D eigenvalue weighted by atomic mass is 32.2.